The van der Waals surface area contributed by atoms with E-state index in [1.54, 1.807) is 24.3 Å². The highest BCUT2D eigenvalue weighted by Gasteiger charge is 2.56. The van der Waals surface area contributed by atoms with Gasteiger partial charge in [-0.1, -0.05) is 76.0 Å². The van der Waals surface area contributed by atoms with Crippen LogP contribution in [-0.4, -0.2) is 31.4 Å². The van der Waals surface area contributed by atoms with Gasteiger partial charge in [-0.15, -0.1) is 0 Å². The van der Waals surface area contributed by atoms with Gasteiger partial charge < -0.3 is 16.0 Å². The monoisotopic (exact) mass is 535 g/mol. The van der Waals surface area contributed by atoms with Crippen molar-refractivity contribution in [3.05, 3.63) is 63.4 Å². The highest BCUT2D eigenvalue weighted by atomic mass is 35.5. The third-order valence-corrected chi connectivity index (χ3v) is 7.02. The Bertz CT molecular complexity index is 1090. The van der Waals surface area contributed by atoms with E-state index < -0.39 is 11.2 Å². The quantitative estimate of drug-likeness (QED) is 0.404. The standard InChI is InChI=1S/C17H13Cl2FN2O.C6H11NO.C5H12/c18-9-4-5-11-14(6-9)22-16(23)17(11)8-21-7-12(17)10-2-1-3-13(19)15(10)20;1-5-2-6(3-5)7-4-8;1-5(2,3)4/h1-6,12,21H,7-8H2,(H,22,23);4-6H,2-3H2,1H3,(H,7,8);1-4H3. The summed E-state index contributed by atoms with van der Waals surface area (Å²) in [7, 11) is 0. The summed E-state index contributed by atoms with van der Waals surface area (Å²) in [5.74, 6) is -0.0994. The molecule has 2 aromatic rings. The van der Waals surface area contributed by atoms with Crippen LogP contribution in [0, 0.1) is 17.2 Å². The minimum atomic E-state index is -0.842. The van der Waals surface area contributed by atoms with E-state index in [0.717, 1.165) is 17.9 Å². The van der Waals surface area contributed by atoms with Crippen molar-refractivity contribution in [1.82, 2.24) is 10.6 Å². The second-order valence-corrected chi connectivity index (χ2v) is 12.3. The van der Waals surface area contributed by atoms with Crippen LogP contribution >= 0.6 is 23.2 Å². The molecule has 1 saturated carbocycles. The van der Waals surface area contributed by atoms with E-state index in [9.17, 15) is 14.0 Å². The molecule has 5 nitrogen and oxygen atoms in total. The van der Waals surface area contributed by atoms with E-state index in [0.29, 0.717) is 40.8 Å². The van der Waals surface area contributed by atoms with E-state index in [4.69, 9.17) is 23.2 Å². The Morgan fingerprint density at radius 3 is 2.42 bits per heavy atom. The zero-order valence-electron chi connectivity index (χ0n) is 21.6. The van der Waals surface area contributed by atoms with Gasteiger partial charge in [0.05, 0.1) is 10.4 Å². The lowest BCUT2D eigenvalue weighted by Crippen LogP contribution is -2.41. The largest absolute Gasteiger partial charge is 0.356 e. The van der Waals surface area contributed by atoms with Crippen molar-refractivity contribution in [2.24, 2.45) is 11.3 Å². The summed E-state index contributed by atoms with van der Waals surface area (Å²) in [6.45, 7) is 11.9. The van der Waals surface area contributed by atoms with Crippen LogP contribution in [0.1, 0.15) is 64.5 Å². The highest BCUT2D eigenvalue weighted by molar-refractivity contribution is 6.31. The van der Waals surface area contributed by atoms with Crippen LogP contribution in [0.25, 0.3) is 0 Å². The number of nitrogens with one attached hydrogen (secondary N) is 3. The second-order valence-electron chi connectivity index (χ2n) is 11.5. The third-order valence-electron chi connectivity index (χ3n) is 6.50. The first-order valence-electron chi connectivity index (χ1n) is 12.3. The van der Waals surface area contributed by atoms with Crippen LogP contribution in [0.2, 0.25) is 10.0 Å². The minimum absolute atomic E-state index is 0.0688. The Labute approximate surface area is 223 Å². The van der Waals surface area contributed by atoms with Gasteiger partial charge in [0.25, 0.3) is 0 Å². The summed E-state index contributed by atoms with van der Waals surface area (Å²) >= 11 is 12.0. The Kier molecular flexibility index (Phi) is 9.07. The molecule has 0 aromatic heterocycles. The van der Waals surface area contributed by atoms with Gasteiger partial charge in [0.1, 0.15) is 5.82 Å². The molecule has 2 unspecified atom stereocenters. The number of halogens is 3. The maximum Gasteiger partial charge on any atom is 0.237 e. The molecule has 1 saturated heterocycles. The molecule has 0 radical (unpaired) electrons. The van der Waals surface area contributed by atoms with Crippen LogP contribution < -0.4 is 16.0 Å². The molecule has 8 heteroatoms. The number of hydrogen-bond acceptors (Lipinski definition) is 3. The Morgan fingerprint density at radius 1 is 1.14 bits per heavy atom. The number of fused-ring (bicyclic) bond motifs is 2. The van der Waals surface area contributed by atoms with Gasteiger partial charge in [0, 0.05) is 35.8 Å². The average molecular weight is 537 g/mol. The van der Waals surface area contributed by atoms with Gasteiger partial charge in [0.2, 0.25) is 12.3 Å². The minimum Gasteiger partial charge on any atom is -0.356 e. The van der Waals surface area contributed by atoms with E-state index in [1.165, 1.54) is 18.9 Å². The molecule has 2 amide bonds. The molecule has 36 heavy (non-hydrogen) atoms. The van der Waals surface area contributed by atoms with Crippen molar-refractivity contribution >= 4 is 41.2 Å². The average Bonchev–Trinajstić information content (AvgIpc) is 3.31. The summed E-state index contributed by atoms with van der Waals surface area (Å²) in [6, 6.07) is 10.7. The lowest BCUT2D eigenvalue weighted by molar-refractivity contribution is -0.120. The van der Waals surface area contributed by atoms with Crippen LogP contribution in [0.5, 0.6) is 0 Å². The summed E-state index contributed by atoms with van der Waals surface area (Å²) in [5.41, 5.74) is 1.66. The van der Waals surface area contributed by atoms with Crippen molar-refractivity contribution in [2.45, 2.75) is 64.8 Å². The van der Waals surface area contributed by atoms with Crippen LogP contribution in [0.4, 0.5) is 10.1 Å². The number of benzene rings is 2. The zero-order chi connectivity index (χ0) is 26.7. The topological polar surface area (TPSA) is 70.2 Å². The predicted octanol–water partition coefficient (Wildman–Crippen LogP) is 6.29. The molecule has 2 aliphatic heterocycles. The van der Waals surface area contributed by atoms with Gasteiger partial charge in [0.15, 0.2) is 0 Å². The lowest BCUT2D eigenvalue weighted by Gasteiger charge is -2.31. The van der Waals surface area contributed by atoms with Gasteiger partial charge in [-0.25, -0.2) is 4.39 Å². The third kappa shape index (κ3) is 6.39. The summed E-state index contributed by atoms with van der Waals surface area (Å²) in [5, 5.41) is 9.47. The molecular formula is C28H36Cl2FN3O2. The molecule has 196 valence electrons. The Hall–Kier alpha value is -2.15. The van der Waals surface area contributed by atoms with Crippen molar-refractivity contribution in [3.63, 3.8) is 0 Å². The zero-order valence-corrected chi connectivity index (χ0v) is 23.1. The van der Waals surface area contributed by atoms with Gasteiger partial charge >= 0.3 is 0 Å². The fourth-order valence-electron chi connectivity index (χ4n) is 4.90. The van der Waals surface area contributed by atoms with Crippen LogP contribution in [0.15, 0.2) is 36.4 Å². The molecule has 2 aromatic carbocycles. The fourth-order valence-corrected chi connectivity index (χ4v) is 5.25. The predicted molar refractivity (Wildman–Crippen MR) is 145 cm³/mol. The smallest absolute Gasteiger partial charge is 0.237 e. The first-order chi connectivity index (χ1) is 16.9. The maximum absolute atomic E-state index is 14.5. The highest BCUT2D eigenvalue weighted by Crippen LogP contribution is 2.50. The molecule has 1 aliphatic carbocycles. The van der Waals surface area contributed by atoms with E-state index in [-0.39, 0.29) is 16.8 Å². The number of amides is 2. The number of rotatable bonds is 3. The number of carbonyl (C=O) groups is 2. The summed E-state index contributed by atoms with van der Waals surface area (Å²) in [4.78, 5) is 22.6. The van der Waals surface area contributed by atoms with E-state index in [2.05, 4.69) is 50.6 Å². The number of carbonyl (C=O) groups excluding carboxylic acids is 2. The van der Waals surface area contributed by atoms with Gasteiger partial charge in [-0.3, -0.25) is 9.59 Å². The van der Waals surface area contributed by atoms with Crippen molar-refractivity contribution in [3.8, 4) is 0 Å². The van der Waals surface area contributed by atoms with Gasteiger partial charge in [-0.05, 0) is 53.5 Å². The molecular weight excluding hydrogens is 500 g/mol. The second kappa shape index (κ2) is 11.5. The number of hydrogen-bond donors (Lipinski definition) is 3. The molecule has 3 aliphatic rings. The summed E-state index contributed by atoms with van der Waals surface area (Å²) in [6.07, 6.45) is 3.12. The molecule has 2 heterocycles. The molecule has 3 N–H and O–H groups in total. The number of anilines is 1. The lowest BCUT2D eigenvalue weighted by atomic mass is 9.70. The van der Waals surface area contributed by atoms with Crippen LogP contribution in [0.3, 0.4) is 0 Å². The molecule has 0 bridgehead atoms. The molecule has 1 spiro atoms. The SMILES string of the molecule is CC(C)(C)C.CC1CC(NC=O)C1.O=C1Nc2cc(Cl)ccc2C12CNCC2c1cccc(Cl)c1F. The van der Waals surface area contributed by atoms with Crippen molar-refractivity contribution in [1.29, 1.82) is 0 Å². The van der Waals surface area contributed by atoms with E-state index in [1.807, 2.05) is 6.07 Å². The molecule has 2 fully saturated rings. The summed E-state index contributed by atoms with van der Waals surface area (Å²) < 4.78 is 14.5. The fraction of sp³-hybridized carbons (Fsp3) is 0.500. The van der Waals surface area contributed by atoms with Gasteiger partial charge in [-0.2, -0.15) is 0 Å². The first kappa shape index (κ1) is 28.4. The molecule has 2 atom stereocenters. The Morgan fingerprint density at radius 2 is 1.81 bits per heavy atom. The van der Waals surface area contributed by atoms with Crippen LogP contribution in [-0.2, 0) is 15.0 Å². The van der Waals surface area contributed by atoms with Crippen molar-refractivity contribution in [2.75, 3.05) is 18.4 Å². The van der Waals surface area contributed by atoms with E-state index >= 15 is 0 Å². The first-order valence-corrected chi connectivity index (χ1v) is 13.1. The van der Waals surface area contributed by atoms with Crippen molar-refractivity contribution < 1.29 is 14.0 Å². The normalized spacial score (nSPS) is 26.0. The Balaban J connectivity index is 0.000000229. The molecule has 5 rings (SSSR count). The maximum atomic E-state index is 14.5.